The van der Waals surface area contributed by atoms with Crippen molar-refractivity contribution in [3.05, 3.63) is 71.4 Å². The van der Waals surface area contributed by atoms with Gasteiger partial charge < -0.3 is 24.8 Å². The Hall–Kier alpha value is -3.07. The Kier molecular flexibility index (Phi) is 9.36. The van der Waals surface area contributed by atoms with Crippen molar-refractivity contribution < 1.29 is 39.2 Å². The second-order valence-corrected chi connectivity index (χ2v) is 11.3. The van der Waals surface area contributed by atoms with E-state index in [1.807, 2.05) is 32.9 Å². The second kappa shape index (κ2) is 12.0. The molecule has 3 N–H and O–H groups in total. The Balaban J connectivity index is 1.77. The predicted molar refractivity (Wildman–Crippen MR) is 146 cm³/mol. The van der Waals surface area contributed by atoms with Gasteiger partial charge in [0.15, 0.2) is 6.29 Å². The van der Waals surface area contributed by atoms with Gasteiger partial charge in [-0.3, -0.25) is 9.59 Å². The number of fused-ring (bicyclic) bond motifs is 3. The number of aliphatic hydroxyl groups is 2. The van der Waals surface area contributed by atoms with Gasteiger partial charge in [-0.05, 0) is 58.1 Å². The molecule has 0 aromatic heterocycles. The Morgan fingerprint density at radius 2 is 1.85 bits per heavy atom. The summed E-state index contributed by atoms with van der Waals surface area (Å²) in [6, 6.07) is 0. The number of hydrogen-bond donors (Lipinski definition) is 3. The minimum atomic E-state index is -1.19. The van der Waals surface area contributed by atoms with Crippen LogP contribution in [-0.2, 0) is 23.9 Å². The zero-order valence-corrected chi connectivity index (χ0v) is 23.5. The van der Waals surface area contributed by atoms with E-state index < -0.39 is 53.3 Å². The molecule has 2 aliphatic carbocycles. The van der Waals surface area contributed by atoms with Crippen molar-refractivity contribution in [1.29, 1.82) is 0 Å². The van der Waals surface area contributed by atoms with E-state index in [1.54, 1.807) is 45.1 Å². The highest BCUT2D eigenvalue weighted by Crippen LogP contribution is 2.56. The summed E-state index contributed by atoms with van der Waals surface area (Å²) in [5.74, 6) is -2.91. The first kappa shape index (κ1) is 30.5. The van der Waals surface area contributed by atoms with Crippen molar-refractivity contribution in [2.75, 3.05) is 0 Å². The van der Waals surface area contributed by atoms with Crippen LogP contribution >= 0.6 is 0 Å². The number of carboxylic acids is 1. The van der Waals surface area contributed by atoms with Gasteiger partial charge in [0.1, 0.15) is 11.9 Å². The molecular weight excluding hydrogens is 500 g/mol. The molecule has 0 radical (unpaired) electrons. The molecule has 0 amide bonds. The number of Topliss-reactive ketones (excluding diaryl/α,β-unsaturated/α-hetero) is 1. The molecule has 8 atom stereocenters. The van der Waals surface area contributed by atoms with Gasteiger partial charge in [-0.25, -0.2) is 4.79 Å². The maximum Gasteiger partial charge on any atom is 0.328 e. The largest absolute Gasteiger partial charge is 0.478 e. The summed E-state index contributed by atoms with van der Waals surface area (Å²) in [6.07, 6.45) is 12.6. The molecule has 1 saturated heterocycles. The maximum absolute atomic E-state index is 13.4. The first-order chi connectivity index (χ1) is 18.2. The molecule has 3 aliphatic rings. The third-order valence-electron chi connectivity index (χ3n) is 8.27. The minimum Gasteiger partial charge on any atom is -0.478 e. The van der Waals surface area contributed by atoms with Crippen LogP contribution in [0.2, 0.25) is 0 Å². The van der Waals surface area contributed by atoms with Gasteiger partial charge in [0.05, 0.1) is 29.5 Å². The van der Waals surface area contributed by atoms with Crippen molar-refractivity contribution in [3.8, 4) is 0 Å². The third-order valence-corrected chi connectivity index (χ3v) is 8.27. The molecule has 3 rings (SSSR count). The van der Waals surface area contributed by atoms with Gasteiger partial charge in [0.25, 0.3) is 0 Å². The van der Waals surface area contributed by atoms with Gasteiger partial charge in [-0.15, -0.1) is 0 Å². The zero-order valence-electron chi connectivity index (χ0n) is 23.5. The van der Waals surface area contributed by atoms with Crippen LogP contribution in [0.5, 0.6) is 0 Å². The third kappa shape index (κ3) is 6.40. The number of hydrogen-bond acceptors (Lipinski definition) is 7. The van der Waals surface area contributed by atoms with Crippen LogP contribution in [0.3, 0.4) is 0 Å². The lowest BCUT2D eigenvalue weighted by Gasteiger charge is -2.56. The standard InChI is InChI=1S/C31H40O8/c1-18(10-8-12-25(33)34)9-7-11-20(3)28(36)21(4)29(37)38-23-16-19(2)15-22-13-14-30(5)31(6,27(22)23)24(32)17-26(35)39-30/h7-15,19,21,23,26-28,35-36H,16-17H2,1-6H3,(H,33,34)/b9-7+,12-8+,18-10+,20-11+/t19-,21+,23+,26-,27-,28+,30-,31-/m1/s1. The highest BCUT2D eigenvalue weighted by Gasteiger charge is 2.63. The number of carbonyl (C=O) groups excluding carboxylic acids is 2. The fraction of sp³-hybridized carbons (Fsp3) is 0.516. The van der Waals surface area contributed by atoms with E-state index in [9.17, 15) is 24.6 Å². The number of ketones is 1. The Labute approximate surface area is 230 Å². The molecule has 0 bridgehead atoms. The molecule has 1 aliphatic heterocycles. The number of ether oxygens (including phenoxy) is 2. The summed E-state index contributed by atoms with van der Waals surface area (Å²) in [6.45, 7) is 10.8. The number of aliphatic carboxylic acids is 1. The van der Waals surface area contributed by atoms with Crippen LogP contribution in [-0.4, -0.2) is 57.1 Å². The first-order valence-corrected chi connectivity index (χ1v) is 13.3. The van der Waals surface area contributed by atoms with E-state index in [1.165, 1.54) is 6.08 Å². The van der Waals surface area contributed by atoms with Gasteiger partial charge in [0, 0.05) is 12.0 Å². The molecule has 8 heteroatoms. The maximum atomic E-state index is 13.4. The van der Waals surface area contributed by atoms with E-state index in [4.69, 9.17) is 14.6 Å². The number of carboxylic acid groups (broad SMARTS) is 1. The molecule has 0 aromatic carbocycles. The molecular formula is C31H40O8. The normalized spacial score (nSPS) is 34.9. The van der Waals surface area contributed by atoms with Crippen LogP contribution in [0.4, 0.5) is 0 Å². The number of esters is 1. The van der Waals surface area contributed by atoms with Gasteiger partial charge >= 0.3 is 11.9 Å². The van der Waals surface area contributed by atoms with Crippen LogP contribution in [0.25, 0.3) is 0 Å². The fourth-order valence-electron chi connectivity index (χ4n) is 5.81. The average Bonchev–Trinajstić information content (AvgIpc) is 2.84. The summed E-state index contributed by atoms with van der Waals surface area (Å²) >= 11 is 0. The van der Waals surface area contributed by atoms with E-state index >= 15 is 0 Å². The van der Waals surface area contributed by atoms with Crippen molar-refractivity contribution in [2.45, 2.75) is 78.5 Å². The van der Waals surface area contributed by atoms with Crippen LogP contribution < -0.4 is 0 Å². The van der Waals surface area contributed by atoms with E-state index in [-0.39, 0.29) is 18.1 Å². The summed E-state index contributed by atoms with van der Waals surface area (Å²) in [5, 5.41) is 29.7. The summed E-state index contributed by atoms with van der Waals surface area (Å²) in [7, 11) is 0. The Morgan fingerprint density at radius 3 is 2.51 bits per heavy atom. The molecule has 1 fully saturated rings. The molecule has 0 saturated carbocycles. The minimum absolute atomic E-state index is 0.116. The van der Waals surface area contributed by atoms with Crippen LogP contribution in [0.15, 0.2) is 71.4 Å². The van der Waals surface area contributed by atoms with Crippen molar-refractivity contribution in [2.24, 2.45) is 23.2 Å². The van der Waals surface area contributed by atoms with Gasteiger partial charge in [0.2, 0.25) is 0 Å². The van der Waals surface area contributed by atoms with E-state index in [2.05, 4.69) is 6.08 Å². The van der Waals surface area contributed by atoms with Crippen molar-refractivity contribution in [3.63, 3.8) is 0 Å². The number of aliphatic hydroxyl groups excluding tert-OH is 2. The fourth-order valence-corrected chi connectivity index (χ4v) is 5.81. The zero-order chi connectivity index (χ0) is 29.1. The van der Waals surface area contributed by atoms with E-state index in [0.29, 0.717) is 12.0 Å². The second-order valence-electron chi connectivity index (χ2n) is 11.3. The lowest BCUT2D eigenvalue weighted by Crippen LogP contribution is -2.64. The van der Waals surface area contributed by atoms with Crippen molar-refractivity contribution in [1.82, 2.24) is 0 Å². The molecule has 39 heavy (non-hydrogen) atoms. The topological polar surface area (TPSA) is 130 Å². The molecule has 0 spiro atoms. The molecule has 1 heterocycles. The van der Waals surface area contributed by atoms with Crippen LogP contribution in [0.1, 0.15) is 54.4 Å². The molecule has 8 nitrogen and oxygen atoms in total. The van der Waals surface area contributed by atoms with Gasteiger partial charge in [-0.1, -0.05) is 61.1 Å². The monoisotopic (exact) mass is 540 g/mol. The highest BCUT2D eigenvalue weighted by molar-refractivity contribution is 5.89. The van der Waals surface area contributed by atoms with Crippen LogP contribution in [0, 0.1) is 23.2 Å². The molecule has 0 unspecified atom stereocenters. The predicted octanol–water partition coefficient (Wildman–Crippen LogP) is 4.21. The average molecular weight is 541 g/mol. The summed E-state index contributed by atoms with van der Waals surface area (Å²) in [5.41, 5.74) is 0.195. The number of carbonyl (C=O) groups is 3. The highest BCUT2D eigenvalue weighted by atomic mass is 16.6. The summed E-state index contributed by atoms with van der Waals surface area (Å²) < 4.78 is 11.9. The number of rotatable bonds is 8. The Bertz CT molecular complexity index is 1170. The van der Waals surface area contributed by atoms with Crippen molar-refractivity contribution >= 4 is 17.7 Å². The Morgan fingerprint density at radius 1 is 1.18 bits per heavy atom. The SMILES string of the molecule is CC(/C=C/C=C(\C)[C@H](O)[C@H](C)C(=O)O[C@H]1C[C@H](C)C=C2C=C[C@@]3(C)O[C@@H](O)CC(=O)[C@]3(C)[C@H]21)=C\C=C\C(=O)O. The summed E-state index contributed by atoms with van der Waals surface area (Å²) in [4.78, 5) is 37.2. The van der Waals surface area contributed by atoms with E-state index in [0.717, 1.165) is 17.2 Å². The molecule has 0 aromatic rings. The first-order valence-electron chi connectivity index (χ1n) is 13.3. The van der Waals surface area contributed by atoms with Gasteiger partial charge in [-0.2, -0.15) is 0 Å². The lowest BCUT2D eigenvalue weighted by atomic mass is 9.53. The molecule has 212 valence electrons. The quantitative estimate of drug-likeness (QED) is 0.237. The number of allylic oxidation sites excluding steroid dienone is 8. The smallest absolute Gasteiger partial charge is 0.328 e. The lowest BCUT2D eigenvalue weighted by molar-refractivity contribution is -0.242.